The highest BCUT2D eigenvalue weighted by Crippen LogP contribution is 2.14. The molecular formula is C21H29N3O3S. The molecule has 0 unspecified atom stereocenters. The second kappa shape index (κ2) is 9.32. The van der Waals surface area contributed by atoms with E-state index in [2.05, 4.69) is 37.4 Å². The highest BCUT2D eigenvalue weighted by Gasteiger charge is 2.18. The Balaban J connectivity index is 1.84. The average Bonchev–Trinajstić information content (AvgIpc) is 2.63. The van der Waals surface area contributed by atoms with Crippen molar-refractivity contribution in [3.05, 3.63) is 64.7 Å². The quantitative estimate of drug-likeness (QED) is 0.706. The van der Waals surface area contributed by atoms with Gasteiger partial charge in [-0.2, -0.15) is 0 Å². The van der Waals surface area contributed by atoms with E-state index in [1.807, 2.05) is 18.9 Å². The van der Waals surface area contributed by atoms with Gasteiger partial charge in [0, 0.05) is 13.1 Å². The largest absolute Gasteiger partial charge is 0.354 e. The topological polar surface area (TPSA) is 92.5 Å². The molecule has 7 heteroatoms. The smallest absolute Gasteiger partial charge is 0.238 e. The maximum atomic E-state index is 12.4. The molecule has 0 saturated heterocycles. The molecule has 0 fully saturated rings. The number of primary sulfonamides is 1. The summed E-state index contributed by atoms with van der Waals surface area (Å²) >= 11 is 0. The first kappa shape index (κ1) is 22.1. The second-order valence-electron chi connectivity index (χ2n) is 7.25. The number of nitrogens with one attached hydrogen (secondary N) is 1. The lowest BCUT2D eigenvalue weighted by atomic mass is 10.0. The third-order valence-electron chi connectivity index (χ3n) is 4.92. The molecule has 0 aromatic heterocycles. The third-order valence-corrected chi connectivity index (χ3v) is 5.85. The number of hydrogen-bond donors (Lipinski definition) is 2. The Bertz CT molecular complexity index is 924. The number of hydrogen-bond acceptors (Lipinski definition) is 4. The Hall–Kier alpha value is -2.22. The lowest BCUT2D eigenvalue weighted by molar-refractivity contribution is -0.125. The van der Waals surface area contributed by atoms with Gasteiger partial charge in [0.15, 0.2) is 0 Å². The van der Waals surface area contributed by atoms with Crippen molar-refractivity contribution in [1.82, 2.24) is 10.2 Å². The Morgan fingerprint density at radius 1 is 1.14 bits per heavy atom. The number of benzene rings is 2. The minimum atomic E-state index is -3.68. The number of nitrogens with two attached hydrogens (primary N) is 1. The summed E-state index contributed by atoms with van der Waals surface area (Å²) in [6.45, 7) is 7.23. The maximum absolute atomic E-state index is 12.4. The molecule has 0 aliphatic rings. The zero-order valence-corrected chi connectivity index (χ0v) is 17.7. The van der Waals surface area contributed by atoms with Gasteiger partial charge in [0.05, 0.1) is 10.9 Å². The zero-order valence-electron chi connectivity index (χ0n) is 16.9. The van der Waals surface area contributed by atoms with Crippen LogP contribution in [0, 0.1) is 13.8 Å². The molecule has 1 atom stereocenters. The first-order valence-electron chi connectivity index (χ1n) is 9.24. The maximum Gasteiger partial charge on any atom is 0.238 e. The lowest BCUT2D eigenvalue weighted by Gasteiger charge is -2.24. The molecule has 0 radical (unpaired) electrons. The van der Waals surface area contributed by atoms with E-state index in [0.29, 0.717) is 19.5 Å². The molecule has 6 nitrogen and oxygen atoms in total. The van der Waals surface area contributed by atoms with E-state index >= 15 is 0 Å². The van der Waals surface area contributed by atoms with Crippen LogP contribution in [0.25, 0.3) is 0 Å². The first-order valence-corrected chi connectivity index (χ1v) is 10.8. The summed E-state index contributed by atoms with van der Waals surface area (Å²) in [5, 5.41) is 8.03. The molecule has 2 aromatic rings. The lowest BCUT2D eigenvalue weighted by Crippen LogP contribution is -2.43. The Kier molecular flexibility index (Phi) is 7.35. The molecule has 0 aliphatic carbocycles. The summed E-state index contributed by atoms with van der Waals surface area (Å²) in [7, 11) is -1.74. The van der Waals surface area contributed by atoms with Gasteiger partial charge in [-0.05, 0) is 63.1 Å². The summed E-state index contributed by atoms with van der Waals surface area (Å²) in [5.41, 5.74) is 4.60. The number of carbonyl (C=O) groups excluding carboxylic acids is 1. The molecule has 2 aromatic carbocycles. The normalized spacial score (nSPS) is 12.8. The fourth-order valence-corrected chi connectivity index (χ4v) is 3.47. The molecular weight excluding hydrogens is 374 g/mol. The van der Waals surface area contributed by atoms with Crippen LogP contribution in [0.1, 0.15) is 29.2 Å². The monoisotopic (exact) mass is 403 g/mol. The van der Waals surface area contributed by atoms with Crippen molar-refractivity contribution in [1.29, 1.82) is 0 Å². The molecule has 0 saturated carbocycles. The average molecular weight is 404 g/mol. The number of likely N-dealkylation sites (N-methyl/N-ethyl adjacent to an activating group) is 1. The minimum Gasteiger partial charge on any atom is -0.354 e. The number of aryl methyl sites for hydroxylation is 2. The summed E-state index contributed by atoms with van der Waals surface area (Å²) in [5.74, 6) is -0.0339. The highest BCUT2D eigenvalue weighted by atomic mass is 32.2. The third kappa shape index (κ3) is 6.15. The molecule has 0 aliphatic heterocycles. The summed E-state index contributed by atoms with van der Waals surface area (Å²) in [4.78, 5) is 14.5. The molecule has 2 rings (SSSR count). The van der Waals surface area contributed by atoms with Crippen LogP contribution >= 0.6 is 0 Å². The van der Waals surface area contributed by atoms with Crippen molar-refractivity contribution in [3.8, 4) is 0 Å². The molecule has 0 bridgehead atoms. The number of sulfonamides is 1. The van der Waals surface area contributed by atoms with Crippen LogP contribution in [-0.2, 0) is 27.8 Å². The summed E-state index contributed by atoms with van der Waals surface area (Å²) in [6, 6.07) is 12.5. The predicted molar refractivity (Wildman–Crippen MR) is 111 cm³/mol. The molecule has 1 amide bonds. The van der Waals surface area contributed by atoms with E-state index in [1.165, 1.54) is 28.8 Å². The van der Waals surface area contributed by atoms with Crippen LogP contribution in [0.15, 0.2) is 47.4 Å². The van der Waals surface area contributed by atoms with Gasteiger partial charge < -0.3 is 5.32 Å². The van der Waals surface area contributed by atoms with Gasteiger partial charge in [0.2, 0.25) is 15.9 Å². The Morgan fingerprint density at radius 2 is 1.79 bits per heavy atom. The van der Waals surface area contributed by atoms with Crippen LogP contribution in [0.3, 0.4) is 0 Å². The number of rotatable bonds is 8. The van der Waals surface area contributed by atoms with Crippen molar-refractivity contribution in [3.63, 3.8) is 0 Å². The van der Waals surface area contributed by atoms with Crippen molar-refractivity contribution >= 4 is 15.9 Å². The van der Waals surface area contributed by atoms with Crippen LogP contribution in [0.4, 0.5) is 0 Å². The van der Waals surface area contributed by atoms with E-state index in [4.69, 9.17) is 5.14 Å². The number of carbonyl (C=O) groups is 1. The standard InChI is InChI=1S/C21H29N3O3S/c1-15-5-8-19(16(2)13-15)14-24(4)17(3)21(25)23-12-11-18-6-9-20(10-7-18)28(22,26)27/h5-10,13,17H,11-12,14H2,1-4H3,(H,23,25)(H2,22,26,27)/t17-/m0/s1. The van der Waals surface area contributed by atoms with Crippen molar-refractivity contribution in [2.75, 3.05) is 13.6 Å². The molecule has 0 heterocycles. The number of nitrogens with zero attached hydrogens (tertiary/aromatic N) is 1. The highest BCUT2D eigenvalue weighted by molar-refractivity contribution is 7.89. The van der Waals surface area contributed by atoms with Gasteiger partial charge in [-0.3, -0.25) is 9.69 Å². The van der Waals surface area contributed by atoms with Crippen molar-refractivity contribution in [2.45, 2.75) is 44.7 Å². The molecule has 0 spiro atoms. The zero-order chi connectivity index (χ0) is 20.9. The van der Waals surface area contributed by atoms with Gasteiger partial charge in [0.25, 0.3) is 0 Å². The Labute approximate surface area is 167 Å². The minimum absolute atomic E-state index is 0.0339. The molecule has 28 heavy (non-hydrogen) atoms. The Morgan fingerprint density at radius 3 is 2.36 bits per heavy atom. The second-order valence-corrected chi connectivity index (χ2v) is 8.81. The molecule has 3 N–H and O–H groups in total. The van der Waals surface area contributed by atoms with Crippen LogP contribution in [0.2, 0.25) is 0 Å². The van der Waals surface area contributed by atoms with Crippen LogP contribution in [0.5, 0.6) is 0 Å². The van der Waals surface area contributed by atoms with Crippen molar-refractivity contribution in [2.24, 2.45) is 5.14 Å². The van der Waals surface area contributed by atoms with Crippen molar-refractivity contribution < 1.29 is 13.2 Å². The van der Waals surface area contributed by atoms with E-state index in [0.717, 1.165) is 5.56 Å². The van der Waals surface area contributed by atoms with E-state index < -0.39 is 10.0 Å². The SMILES string of the molecule is Cc1ccc(CN(C)[C@@H](C)C(=O)NCCc2ccc(S(N)(=O)=O)cc2)c(C)c1. The van der Waals surface area contributed by atoms with Gasteiger partial charge >= 0.3 is 0 Å². The van der Waals surface area contributed by atoms with Gasteiger partial charge in [-0.25, -0.2) is 13.6 Å². The van der Waals surface area contributed by atoms with Crippen LogP contribution in [-0.4, -0.2) is 38.9 Å². The van der Waals surface area contributed by atoms with Gasteiger partial charge in [-0.1, -0.05) is 35.9 Å². The van der Waals surface area contributed by atoms with Gasteiger partial charge in [0.1, 0.15) is 0 Å². The van der Waals surface area contributed by atoms with E-state index in [1.54, 1.807) is 12.1 Å². The van der Waals surface area contributed by atoms with Gasteiger partial charge in [-0.15, -0.1) is 0 Å². The fraction of sp³-hybridized carbons (Fsp3) is 0.381. The first-order chi connectivity index (χ1) is 13.1. The number of amides is 1. The van der Waals surface area contributed by atoms with E-state index in [-0.39, 0.29) is 16.8 Å². The summed E-state index contributed by atoms with van der Waals surface area (Å²) in [6.07, 6.45) is 0.615. The fourth-order valence-electron chi connectivity index (χ4n) is 2.95. The molecule has 152 valence electrons. The van der Waals surface area contributed by atoms with E-state index in [9.17, 15) is 13.2 Å². The van der Waals surface area contributed by atoms with Crippen LogP contribution < -0.4 is 10.5 Å². The summed E-state index contributed by atoms with van der Waals surface area (Å²) < 4.78 is 22.5. The predicted octanol–water partition coefficient (Wildman–Crippen LogP) is 2.13.